The number of aliphatic imine (C=N–C) groups is 1. The largest absolute Gasteiger partial charge is 0.247 e. The van der Waals surface area contributed by atoms with Gasteiger partial charge in [-0.3, -0.25) is 0 Å². The van der Waals surface area contributed by atoms with Gasteiger partial charge >= 0.3 is 0 Å². The number of hydrogen-bond acceptors (Lipinski definition) is 1. The van der Waals surface area contributed by atoms with Crippen molar-refractivity contribution in [1.29, 1.82) is 0 Å². The second kappa shape index (κ2) is 5.04. The first-order valence-electron chi connectivity index (χ1n) is 8.58. The number of benzene rings is 3. The monoisotopic (exact) mass is 313 g/mol. The van der Waals surface area contributed by atoms with Crippen LogP contribution in [0.2, 0.25) is 0 Å². The Labute approximate surface area is 144 Å². The zero-order valence-corrected chi connectivity index (χ0v) is 15.1. The standard InChI is InChI=1S/C23H23N/c1-14-11-15(2)13-16(12-14)22-18-9-10-19(23(3,4)5)17-7-6-8-20(24-22)21(17)18/h6-13H,1-5H3. The van der Waals surface area contributed by atoms with Crippen molar-refractivity contribution < 1.29 is 0 Å². The highest BCUT2D eigenvalue weighted by Crippen LogP contribution is 2.41. The van der Waals surface area contributed by atoms with Crippen LogP contribution in [0.4, 0.5) is 5.69 Å². The molecular formula is C23H23N. The van der Waals surface area contributed by atoms with Crippen LogP contribution in [0.5, 0.6) is 0 Å². The zero-order valence-electron chi connectivity index (χ0n) is 15.1. The average Bonchev–Trinajstić information content (AvgIpc) is 2.86. The third-order valence-electron chi connectivity index (χ3n) is 4.81. The molecule has 3 aromatic rings. The molecule has 1 heteroatoms. The van der Waals surface area contributed by atoms with Crippen LogP contribution in [0, 0.1) is 13.8 Å². The predicted molar refractivity (Wildman–Crippen MR) is 104 cm³/mol. The van der Waals surface area contributed by atoms with Crippen molar-refractivity contribution in [3.05, 3.63) is 76.3 Å². The summed E-state index contributed by atoms with van der Waals surface area (Å²) in [6.07, 6.45) is 0. The number of nitrogens with zero attached hydrogens (tertiary/aromatic N) is 1. The Hall–Kier alpha value is -2.41. The van der Waals surface area contributed by atoms with Crippen molar-refractivity contribution in [2.75, 3.05) is 0 Å². The Bertz CT molecular complexity index is 980. The summed E-state index contributed by atoms with van der Waals surface area (Å²) in [4.78, 5) is 4.99. The van der Waals surface area contributed by atoms with Crippen molar-refractivity contribution in [3.8, 4) is 0 Å². The Kier molecular flexibility index (Phi) is 3.18. The lowest BCUT2D eigenvalue weighted by atomic mass is 9.82. The van der Waals surface area contributed by atoms with Crippen LogP contribution in [0.3, 0.4) is 0 Å². The van der Waals surface area contributed by atoms with E-state index in [2.05, 4.69) is 83.1 Å². The molecule has 0 amide bonds. The van der Waals surface area contributed by atoms with Gasteiger partial charge in [0.05, 0.1) is 11.4 Å². The molecule has 1 heterocycles. The minimum absolute atomic E-state index is 0.125. The molecule has 0 saturated carbocycles. The van der Waals surface area contributed by atoms with E-state index in [4.69, 9.17) is 4.99 Å². The Morgan fingerprint density at radius 2 is 1.54 bits per heavy atom. The van der Waals surface area contributed by atoms with E-state index in [9.17, 15) is 0 Å². The molecule has 4 rings (SSSR count). The zero-order chi connectivity index (χ0) is 17.1. The maximum Gasteiger partial charge on any atom is 0.0789 e. The van der Waals surface area contributed by atoms with Crippen molar-refractivity contribution in [1.82, 2.24) is 0 Å². The Morgan fingerprint density at radius 3 is 2.21 bits per heavy atom. The third-order valence-corrected chi connectivity index (χ3v) is 4.81. The second-order valence-electron chi connectivity index (χ2n) is 7.95. The first kappa shape index (κ1) is 15.1. The summed E-state index contributed by atoms with van der Waals surface area (Å²) < 4.78 is 0. The van der Waals surface area contributed by atoms with Crippen molar-refractivity contribution >= 4 is 22.2 Å². The summed E-state index contributed by atoms with van der Waals surface area (Å²) in [5, 5.41) is 2.64. The minimum Gasteiger partial charge on any atom is -0.247 e. The molecule has 0 atom stereocenters. The van der Waals surface area contributed by atoms with Crippen LogP contribution >= 0.6 is 0 Å². The van der Waals surface area contributed by atoms with Crippen LogP contribution in [0.1, 0.15) is 48.6 Å². The molecule has 1 aliphatic rings. The highest BCUT2D eigenvalue weighted by atomic mass is 14.8. The smallest absolute Gasteiger partial charge is 0.0789 e. The van der Waals surface area contributed by atoms with Gasteiger partial charge < -0.3 is 0 Å². The molecule has 0 radical (unpaired) electrons. The van der Waals surface area contributed by atoms with Gasteiger partial charge in [-0.05, 0) is 48.4 Å². The fourth-order valence-corrected chi connectivity index (χ4v) is 3.84. The molecule has 1 nitrogen and oxygen atoms in total. The first-order valence-corrected chi connectivity index (χ1v) is 8.58. The Balaban J connectivity index is 1.99. The van der Waals surface area contributed by atoms with E-state index >= 15 is 0 Å². The molecular weight excluding hydrogens is 290 g/mol. The highest BCUT2D eigenvalue weighted by Gasteiger charge is 2.24. The fraction of sp³-hybridized carbons (Fsp3) is 0.261. The molecule has 0 aromatic heterocycles. The molecule has 120 valence electrons. The van der Waals surface area contributed by atoms with Crippen LogP contribution in [-0.4, -0.2) is 5.71 Å². The highest BCUT2D eigenvalue weighted by molar-refractivity contribution is 6.26. The van der Waals surface area contributed by atoms with E-state index in [0.717, 1.165) is 11.4 Å². The number of hydrogen-bond donors (Lipinski definition) is 0. The molecule has 3 aromatic carbocycles. The van der Waals surface area contributed by atoms with E-state index in [1.54, 1.807) is 0 Å². The minimum atomic E-state index is 0.125. The lowest BCUT2D eigenvalue weighted by Crippen LogP contribution is -2.12. The van der Waals surface area contributed by atoms with Gasteiger partial charge in [0.1, 0.15) is 0 Å². The molecule has 0 unspecified atom stereocenters. The molecule has 0 N–H and O–H groups in total. The van der Waals surface area contributed by atoms with Crippen LogP contribution in [-0.2, 0) is 5.41 Å². The van der Waals surface area contributed by atoms with Crippen molar-refractivity contribution in [2.45, 2.75) is 40.0 Å². The topological polar surface area (TPSA) is 12.4 Å². The Morgan fingerprint density at radius 1 is 0.833 bits per heavy atom. The lowest BCUT2D eigenvalue weighted by molar-refractivity contribution is 0.596. The third kappa shape index (κ3) is 2.27. The maximum absolute atomic E-state index is 4.99. The predicted octanol–water partition coefficient (Wildman–Crippen LogP) is 6.24. The van der Waals surface area contributed by atoms with Gasteiger partial charge in [-0.15, -0.1) is 0 Å². The van der Waals surface area contributed by atoms with Crippen molar-refractivity contribution in [2.24, 2.45) is 4.99 Å². The van der Waals surface area contributed by atoms with E-state index in [-0.39, 0.29) is 5.41 Å². The second-order valence-corrected chi connectivity index (χ2v) is 7.95. The number of aryl methyl sites for hydroxylation is 2. The molecule has 24 heavy (non-hydrogen) atoms. The van der Waals surface area contributed by atoms with Gasteiger partial charge in [-0.1, -0.05) is 62.2 Å². The quantitative estimate of drug-likeness (QED) is 0.394. The maximum atomic E-state index is 4.99. The van der Waals surface area contributed by atoms with Gasteiger partial charge in [0, 0.05) is 16.5 Å². The normalized spacial score (nSPS) is 13.5. The molecule has 0 aliphatic carbocycles. The molecule has 0 saturated heterocycles. The first-order chi connectivity index (χ1) is 11.3. The van der Waals surface area contributed by atoms with Gasteiger partial charge in [-0.25, -0.2) is 4.99 Å². The van der Waals surface area contributed by atoms with Gasteiger partial charge in [0.25, 0.3) is 0 Å². The van der Waals surface area contributed by atoms with Gasteiger partial charge in [0.2, 0.25) is 0 Å². The molecule has 0 spiro atoms. The van der Waals surface area contributed by atoms with E-state index in [1.165, 1.54) is 38.6 Å². The van der Waals surface area contributed by atoms with Gasteiger partial charge in [-0.2, -0.15) is 0 Å². The average molecular weight is 313 g/mol. The molecule has 0 fully saturated rings. The van der Waals surface area contributed by atoms with Crippen molar-refractivity contribution in [3.63, 3.8) is 0 Å². The van der Waals surface area contributed by atoms with E-state index < -0.39 is 0 Å². The van der Waals surface area contributed by atoms with Crippen LogP contribution < -0.4 is 0 Å². The number of rotatable bonds is 1. The molecule has 0 bridgehead atoms. The summed E-state index contributed by atoms with van der Waals surface area (Å²) >= 11 is 0. The van der Waals surface area contributed by atoms with E-state index in [1.807, 2.05) is 0 Å². The fourth-order valence-electron chi connectivity index (χ4n) is 3.84. The SMILES string of the molecule is Cc1cc(C)cc(C2=Nc3cccc4c(C(C)(C)C)ccc2c34)c1. The summed E-state index contributed by atoms with van der Waals surface area (Å²) in [7, 11) is 0. The van der Waals surface area contributed by atoms with E-state index in [0.29, 0.717) is 0 Å². The summed E-state index contributed by atoms with van der Waals surface area (Å²) in [6.45, 7) is 11.1. The van der Waals surface area contributed by atoms with Crippen LogP contribution in [0.25, 0.3) is 10.8 Å². The van der Waals surface area contributed by atoms with Crippen LogP contribution in [0.15, 0.2) is 53.5 Å². The molecule has 1 aliphatic heterocycles. The summed E-state index contributed by atoms with van der Waals surface area (Å²) in [5.41, 5.74) is 8.76. The van der Waals surface area contributed by atoms with Gasteiger partial charge in [0.15, 0.2) is 0 Å². The summed E-state index contributed by atoms with van der Waals surface area (Å²) in [5.74, 6) is 0. The lowest BCUT2D eigenvalue weighted by Gasteiger charge is -2.22. The summed E-state index contributed by atoms with van der Waals surface area (Å²) in [6, 6.07) is 17.7.